The van der Waals surface area contributed by atoms with Crippen LogP contribution in [0, 0.1) is 0 Å². The SMILES string of the molecule is O=C(O)C1(c2ccc3ccc(Cl)cc3n2)CCC1. The summed E-state index contributed by atoms with van der Waals surface area (Å²) in [5.41, 5.74) is 0.625. The molecule has 4 heteroatoms. The minimum absolute atomic E-state index is 0.616. The highest BCUT2D eigenvalue weighted by Gasteiger charge is 2.47. The van der Waals surface area contributed by atoms with Crippen LogP contribution in [0.1, 0.15) is 25.0 Å². The van der Waals surface area contributed by atoms with Gasteiger partial charge in [0.2, 0.25) is 0 Å². The molecule has 92 valence electrons. The van der Waals surface area contributed by atoms with Crippen LogP contribution in [0.25, 0.3) is 10.9 Å². The van der Waals surface area contributed by atoms with Crippen LogP contribution in [-0.4, -0.2) is 16.1 Å². The highest BCUT2D eigenvalue weighted by atomic mass is 35.5. The Labute approximate surface area is 109 Å². The normalized spacial score (nSPS) is 17.4. The smallest absolute Gasteiger partial charge is 0.315 e. The molecule has 0 atom stereocenters. The average Bonchev–Trinajstić information content (AvgIpc) is 2.26. The van der Waals surface area contributed by atoms with Crippen molar-refractivity contribution in [2.24, 2.45) is 0 Å². The van der Waals surface area contributed by atoms with Crippen LogP contribution in [0.2, 0.25) is 5.02 Å². The lowest BCUT2D eigenvalue weighted by Crippen LogP contribution is -2.43. The lowest BCUT2D eigenvalue weighted by atomic mass is 9.66. The monoisotopic (exact) mass is 261 g/mol. The highest BCUT2D eigenvalue weighted by Crippen LogP contribution is 2.43. The van der Waals surface area contributed by atoms with Gasteiger partial charge in [-0.15, -0.1) is 0 Å². The van der Waals surface area contributed by atoms with Gasteiger partial charge in [-0.05, 0) is 31.0 Å². The Morgan fingerprint density at radius 2 is 2.00 bits per heavy atom. The first-order chi connectivity index (χ1) is 8.62. The van der Waals surface area contributed by atoms with Crippen molar-refractivity contribution in [1.29, 1.82) is 0 Å². The Morgan fingerprint density at radius 3 is 2.61 bits per heavy atom. The first-order valence-corrected chi connectivity index (χ1v) is 6.30. The fourth-order valence-corrected chi connectivity index (χ4v) is 2.63. The molecule has 1 saturated carbocycles. The zero-order valence-electron chi connectivity index (χ0n) is 9.69. The number of nitrogens with zero attached hydrogens (tertiary/aromatic N) is 1. The molecule has 1 aliphatic carbocycles. The minimum atomic E-state index is -0.781. The van der Waals surface area contributed by atoms with Crippen molar-refractivity contribution >= 4 is 28.5 Å². The van der Waals surface area contributed by atoms with Crippen molar-refractivity contribution in [3.05, 3.63) is 41.0 Å². The third kappa shape index (κ3) is 1.58. The van der Waals surface area contributed by atoms with E-state index < -0.39 is 11.4 Å². The largest absolute Gasteiger partial charge is 0.481 e. The summed E-state index contributed by atoms with van der Waals surface area (Å²) in [5, 5.41) is 11.0. The quantitative estimate of drug-likeness (QED) is 0.901. The molecular weight excluding hydrogens is 250 g/mol. The van der Waals surface area contributed by atoms with E-state index in [1.165, 1.54) is 0 Å². The molecule has 1 fully saturated rings. The first-order valence-electron chi connectivity index (χ1n) is 5.92. The van der Waals surface area contributed by atoms with Gasteiger partial charge in [0.25, 0.3) is 0 Å². The van der Waals surface area contributed by atoms with E-state index in [2.05, 4.69) is 4.98 Å². The number of pyridine rings is 1. The maximum Gasteiger partial charge on any atom is 0.315 e. The van der Waals surface area contributed by atoms with E-state index in [1.54, 1.807) is 6.07 Å². The number of aromatic nitrogens is 1. The summed E-state index contributed by atoms with van der Waals surface area (Å²) in [4.78, 5) is 15.9. The Balaban J connectivity index is 2.15. The van der Waals surface area contributed by atoms with Gasteiger partial charge in [-0.25, -0.2) is 0 Å². The summed E-state index contributed by atoms with van der Waals surface area (Å²) in [7, 11) is 0. The molecule has 0 unspecified atom stereocenters. The molecule has 1 N–H and O–H groups in total. The summed E-state index contributed by atoms with van der Waals surface area (Å²) in [6.07, 6.45) is 2.28. The summed E-state index contributed by atoms with van der Waals surface area (Å²) in [6.45, 7) is 0. The van der Waals surface area contributed by atoms with Gasteiger partial charge in [0.15, 0.2) is 0 Å². The highest BCUT2D eigenvalue weighted by molar-refractivity contribution is 6.31. The van der Waals surface area contributed by atoms with Crippen molar-refractivity contribution < 1.29 is 9.90 Å². The Bertz CT molecular complexity index is 635. The Kier molecular flexibility index (Phi) is 2.52. The van der Waals surface area contributed by atoms with E-state index in [0.717, 1.165) is 17.3 Å². The van der Waals surface area contributed by atoms with Crippen LogP contribution < -0.4 is 0 Å². The number of rotatable bonds is 2. The number of aliphatic carboxylic acids is 1. The van der Waals surface area contributed by atoms with Crippen molar-refractivity contribution in [3.8, 4) is 0 Å². The number of hydrogen-bond acceptors (Lipinski definition) is 2. The second kappa shape index (κ2) is 3.95. The molecule has 0 radical (unpaired) electrons. The molecule has 18 heavy (non-hydrogen) atoms. The molecule has 1 aliphatic rings. The maximum atomic E-state index is 11.4. The number of benzene rings is 1. The predicted molar refractivity (Wildman–Crippen MR) is 69.9 cm³/mol. The van der Waals surface area contributed by atoms with Crippen molar-refractivity contribution in [3.63, 3.8) is 0 Å². The molecule has 2 aromatic rings. The number of hydrogen-bond donors (Lipinski definition) is 1. The van der Waals surface area contributed by atoms with Crippen LogP contribution in [-0.2, 0) is 10.2 Å². The number of fused-ring (bicyclic) bond motifs is 1. The van der Waals surface area contributed by atoms with Gasteiger partial charge >= 0.3 is 5.97 Å². The molecule has 1 aromatic carbocycles. The second-order valence-corrected chi connectivity index (χ2v) is 5.21. The molecule has 3 nitrogen and oxygen atoms in total. The van der Waals surface area contributed by atoms with E-state index >= 15 is 0 Å². The Morgan fingerprint density at radius 1 is 1.28 bits per heavy atom. The molecule has 0 bridgehead atoms. The topological polar surface area (TPSA) is 50.2 Å². The van der Waals surface area contributed by atoms with Gasteiger partial charge in [-0.1, -0.05) is 30.2 Å². The van der Waals surface area contributed by atoms with Crippen molar-refractivity contribution in [2.45, 2.75) is 24.7 Å². The molecule has 0 spiro atoms. The van der Waals surface area contributed by atoms with E-state index in [-0.39, 0.29) is 0 Å². The van der Waals surface area contributed by atoms with Gasteiger partial charge in [0.1, 0.15) is 5.41 Å². The van der Waals surface area contributed by atoms with Gasteiger partial charge < -0.3 is 5.11 Å². The molecule has 0 saturated heterocycles. The first kappa shape index (κ1) is 11.5. The fraction of sp³-hybridized carbons (Fsp3) is 0.286. The lowest BCUT2D eigenvalue weighted by molar-refractivity contribution is -0.147. The third-order valence-corrected chi connectivity index (χ3v) is 4.00. The molecule has 3 rings (SSSR count). The second-order valence-electron chi connectivity index (χ2n) is 4.77. The zero-order chi connectivity index (χ0) is 12.8. The number of carboxylic acid groups (broad SMARTS) is 1. The summed E-state index contributed by atoms with van der Waals surface area (Å²) in [6, 6.07) is 9.21. The van der Waals surface area contributed by atoms with Crippen molar-refractivity contribution in [1.82, 2.24) is 4.98 Å². The van der Waals surface area contributed by atoms with E-state index in [0.29, 0.717) is 23.6 Å². The van der Waals surface area contributed by atoms with E-state index in [4.69, 9.17) is 11.6 Å². The molecule has 0 aliphatic heterocycles. The van der Waals surface area contributed by atoms with Gasteiger partial charge in [0.05, 0.1) is 11.2 Å². The lowest BCUT2D eigenvalue weighted by Gasteiger charge is -2.37. The van der Waals surface area contributed by atoms with Crippen LogP contribution >= 0.6 is 11.6 Å². The van der Waals surface area contributed by atoms with E-state index in [1.807, 2.05) is 24.3 Å². The number of carboxylic acids is 1. The van der Waals surface area contributed by atoms with Gasteiger partial charge in [0, 0.05) is 10.4 Å². The van der Waals surface area contributed by atoms with Gasteiger partial charge in [-0.2, -0.15) is 0 Å². The number of halogens is 1. The van der Waals surface area contributed by atoms with Crippen LogP contribution in [0.5, 0.6) is 0 Å². The molecule has 1 aromatic heterocycles. The Hall–Kier alpha value is -1.61. The third-order valence-electron chi connectivity index (χ3n) is 3.76. The average molecular weight is 262 g/mol. The molecule has 1 heterocycles. The standard InChI is InChI=1S/C14H12ClNO2/c15-10-4-2-9-3-5-12(16-11(9)8-10)14(13(17)18)6-1-7-14/h2-5,8H,1,6-7H2,(H,17,18). The van der Waals surface area contributed by atoms with Crippen LogP contribution in [0.3, 0.4) is 0 Å². The van der Waals surface area contributed by atoms with Crippen LogP contribution in [0.15, 0.2) is 30.3 Å². The zero-order valence-corrected chi connectivity index (χ0v) is 10.4. The fourth-order valence-electron chi connectivity index (χ4n) is 2.47. The summed E-state index contributed by atoms with van der Waals surface area (Å²) in [5.74, 6) is -0.775. The number of carbonyl (C=O) groups is 1. The van der Waals surface area contributed by atoms with Crippen molar-refractivity contribution in [2.75, 3.05) is 0 Å². The maximum absolute atomic E-state index is 11.4. The van der Waals surface area contributed by atoms with Gasteiger partial charge in [-0.3, -0.25) is 9.78 Å². The van der Waals surface area contributed by atoms with Crippen LogP contribution in [0.4, 0.5) is 0 Å². The minimum Gasteiger partial charge on any atom is -0.481 e. The van der Waals surface area contributed by atoms with E-state index in [9.17, 15) is 9.90 Å². The molecular formula is C14H12ClNO2. The summed E-state index contributed by atoms with van der Waals surface area (Å²) >= 11 is 5.94. The molecule has 0 amide bonds. The summed E-state index contributed by atoms with van der Waals surface area (Å²) < 4.78 is 0. The predicted octanol–water partition coefficient (Wildman–Crippen LogP) is 3.39.